The number of hydrogen-bond acceptors (Lipinski definition) is 5. The van der Waals surface area contributed by atoms with Gasteiger partial charge in [0.2, 0.25) is 0 Å². The van der Waals surface area contributed by atoms with Crippen molar-refractivity contribution < 1.29 is 4.79 Å². The lowest BCUT2D eigenvalue weighted by molar-refractivity contribution is 0.0926. The Bertz CT molecular complexity index is 554. The van der Waals surface area contributed by atoms with Gasteiger partial charge in [-0.2, -0.15) is 0 Å². The molecule has 2 N–H and O–H groups in total. The van der Waals surface area contributed by atoms with Gasteiger partial charge in [0.05, 0.1) is 4.88 Å². The second kappa shape index (κ2) is 8.70. The van der Waals surface area contributed by atoms with E-state index in [0.29, 0.717) is 5.69 Å². The van der Waals surface area contributed by atoms with Gasteiger partial charge in [-0.05, 0) is 30.8 Å². The molecule has 1 aliphatic heterocycles. The number of aromatic nitrogens is 1. The van der Waals surface area contributed by atoms with Crippen molar-refractivity contribution in [1.29, 1.82) is 0 Å². The topological polar surface area (TPSA) is 54.0 Å². The van der Waals surface area contributed by atoms with E-state index in [-0.39, 0.29) is 36.8 Å². The highest BCUT2D eigenvalue weighted by molar-refractivity contribution is 7.20. The third-order valence-corrected chi connectivity index (χ3v) is 4.98. The van der Waals surface area contributed by atoms with E-state index in [1.54, 1.807) is 11.3 Å². The smallest absolute Gasteiger partial charge is 0.271 e. The van der Waals surface area contributed by atoms with Gasteiger partial charge in [-0.1, -0.05) is 6.07 Å². The molecule has 4 nitrogen and oxygen atoms in total. The molecule has 0 bridgehead atoms. The minimum Gasteiger partial charge on any atom is -0.347 e. The molecule has 8 heteroatoms. The Kier molecular flexibility index (Phi) is 7.62. The number of thiophene rings is 1. The largest absolute Gasteiger partial charge is 0.347 e. The summed E-state index contributed by atoms with van der Waals surface area (Å²) in [6.07, 6.45) is 2.16. The fraction of sp³-hybridized carbons (Fsp3) is 0.385. The Balaban J connectivity index is 0.00000110. The lowest BCUT2D eigenvalue weighted by atomic mass is 10.1. The molecular formula is C13H17Cl2N3OS2. The van der Waals surface area contributed by atoms with E-state index in [1.165, 1.54) is 11.3 Å². The first-order chi connectivity index (χ1) is 9.33. The van der Waals surface area contributed by atoms with Crippen LogP contribution in [0, 0.1) is 0 Å². The molecule has 1 amide bonds. The maximum Gasteiger partial charge on any atom is 0.271 e. The van der Waals surface area contributed by atoms with Crippen molar-refractivity contribution in [2.75, 3.05) is 13.1 Å². The van der Waals surface area contributed by atoms with Crippen molar-refractivity contribution in [3.8, 4) is 9.88 Å². The molecular weight excluding hydrogens is 349 g/mol. The molecule has 2 aromatic rings. The van der Waals surface area contributed by atoms with Gasteiger partial charge in [-0.3, -0.25) is 4.79 Å². The number of hydrogen-bond donors (Lipinski definition) is 2. The van der Waals surface area contributed by atoms with Crippen LogP contribution in [0.5, 0.6) is 0 Å². The van der Waals surface area contributed by atoms with Gasteiger partial charge in [0.1, 0.15) is 10.7 Å². The number of halogens is 2. The second-order valence-corrected chi connectivity index (χ2v) is 6.34. The van der Waals surface area contributed by atoms with E-state index < -0.39 is 0 Å². The van der Waals surface area contributed by atoms with E-state index in [4.69, 9.17) is 0 Å². The van der Waals surface area contributed by atoms with Crippen molar-refractivity contribution in [2.24, 2.45) is 0 Å². The van der Waals surface area contributed by atoms with Crippen molar-refractivity contribution in [2.45, 2.75) is 18.9 Å². The molecule has 0 spiro atoms. The summed E-state index contributed by atoms with van der Waals surface area (Å²) in [6.45, 7) is 1.90. The predicted octanol–water partition coefficient (Wildman–Crippen LogP) is 3.20. The van der Waals surface area contributed by atoms with E-state index in [0.717, 1.165) is 35.8 Å². The van der Waals surface area contributed by atoms with Crippen LogP contribution in [0.15, 0.2) is 22.9 Å². The Morgan fingerprint density at radius 3 is 2.90 bits per heavy atom. The average molecular weight is 366 g/mol. The lowest BCUT2D eigenvalue weighted by Gasteiger charge is -2.23. The number of rotatable bonds is 3. The molecule has 116 valence electrons. The summed E-state index contributed by atoms with van der Waals surface area (Å²) in [7, 11) is 0. The van der Waals surface area contributed by atoms with Crippen LogP contribution >= 0.6 is 47.5 Å². The zero-order valence-electron chi connectivity index (χ0n) is 11.2. The molecule has 3 heterocycles. The molecule has 1 fully saturated rings. The predicted molar refractivity (Wildman–Crippen MR) is 93.3 cm³/mol. The quantitative estimate of drug-likeness (QED) is 0.877. The van der Waals surface area contributed by atoms with Gasteiger partial charge < -0.3 is 10.6 Å². The zero-order chi connectivity index (χ0) is 13.1. The molecule has 3 rings (SSSR count). The third kappa shape index (κ3) is 4.66. The summed E-state index contributed by atoms with van der Waals surface area (Å²) in [4.78, 5) is 17.6. The first kappa shape index (κ1) is 18.4. The molecule has 0 aromatic carbocycles. The van der Waals surface area contributed by atoms with Crippen molar-refractivity contribution in [1.82, 2.24) is 15.6 Å². The monoisotopic (exact) mass is 365 g/mol. The van der Waals surface area contributed by atoms with E-state index in [1.807, 2.05) is 22.9 Å². The summed E-state index contributed by atoms with van der Waals surface area (Å²) in [5.74, 6) is -0.0623. The molecule has 21 heavy (non-hydrogen) atoms. The van der Waals surface area contributed by atoms with Crippen molar-refractivity contribution >= 4 is 53.4 Å². The molecule has 1 saturated heterocycles. The minimum atomic E-state index is -0.0623. The van der Waals surface area contributed by atoms with Crippen LogP contribution in [-0.2, 0) is 0 Å². The van der Waals surface area contributed by atoms with Gasteiger partial charge in [0.15, 0.2) is 0 Å². The van der Waals surface area contributed by atoms with Gasteiger partial charge in [0.25, 0.3) is 5.91 Å². The molecule has 2 aromatic heterocycles. The van der Waals surface area contributed by atoms with Crippen LogP contribution in [0.4, 0.5) is 0 Å². The Labute approximate surface area is 144 Å². The molecule has 0 aliphatic carbocycles. The van der Waals surface area contributed by atoms with Gasteiger partial charge in [0, 0.05) is 18.0 Å². The maximum atomic E-state index is 12.1. The average Bonchev–Trinajstić information content (AvgIpc) is 3.11. The standard InChI is InChI=1S/C13H15N3OS2.2ClH/c17-12(15-9-3-1-5-14-7-9)10-8-19-13(16-10)11-4-2-6-18-11;;/h2,4,6,8-9,14H,1,3,5,7H2,(H,15,17);2*1H/t9-;;/m0../s1. The molecule has 1 atom stereocenters. The minimum absolute atomic E-state index is 0. The number of carbonyl (C=O) groups excluding carboxylic acids is 1. The Hall–Kier alpha value is -0.660. The van der Waals surface area contributed by atoms with Crippen LogP contribution in [-0.4, -0.2) is 30.0 Å². The number of amides is 1. The lowest BCUT2D eigenvalue weighted by Crippen LogP contribution is -2.45. The third-order valence-electron chi connectivity index (χ3n) is 3.10. The highest BCUT2D eigenvalue weighted by atomic mass is 35.5. The summed E-state index contributed by atoms with van der Waals surface area (Å²) >= 11 is 3.16. The summed E-state index contributed by atoms with van der Waals surface area (Å²) in [5, 5.41) is 11.1. The first-order valence-electron chi connectivity index (χ1n) is 6.34. The molecule has 0 unspecified atom stereocenters. The fourth-order valence-corrected chi connectivity index (χ4v) is 3.74. The highest BCUT2D eigenvalue weighted by Gasteiger charge is 2.18. The summed E-state index contributed by atoms with van der Waals surface area (Å²) < 4.78 is 0. The molecule has 0 saturated carbocycles. The van der Waals surface area contributed by atoms with Crippen molar-refractivity contribution in [3.63, 3.8) is 0 Å². The SMILES string of the molecule is Cl.Cl.O=C(N[C@H]1CCCNC1)c1csc(-c2cccs2)n1. The molecule has 0 radical (unpaired) electrons. The summed E-state index contributed by atoms with van der Waals surface area (Å²) in [5.41, 5.74) is 0.527. The van der Waals surface area contributed by atoms with Gasteiger partial charge in [-0.25, -0.2) is 4.98 Å². The van der Waals surface area contributed by atoms with E-state index in [2.05, 4.69) is 15.6 Å². The fourth-order valence-electron chi connectivity index (χ4n) is 2.13. The van der Waals surface area contributed by atoms with Crippen LogP contribution < -0.4 is 10.6 Å². The van der Waals surface area contributed by atoms with Gasteiger partial charge >= 0.3 is 0 Å². The maximum absolute atomic E-state index is 12.1. The highest BCUT2D eigenvalue weighted by Crippen LogP contribution is 2.27. The number of carbonyl (C=O) groups is 1. The number of nitrogens with zero attached hydrogens (tertiary/aromatic N) is 1. The Morgan fingerprint density at radius 2 is 2.24 bits per heavy atom. The number of nitrogens with one attached hydrogen (secondary N) is 2. The van der Waals surface area contributed by atoms with Crippen molar-refractivity contribution in [3.05, 3.63) is 28.6 Å². The van der Waals surface area contributed by atoms with Crippen LogP contribution in [0.2, 0.25) is 0 Å². The normalized spacial score (nSPS) is 17.4. The van der Waals surface area contributed by atoms with Gasteiger partial charge in [-0.15, -0.1) is 47.5 Å². The van der Waals surface area contributed by atoms with E-state index >= 15 is 0 Å². The van der Waals surface area contributed by atoms with E-state index in [9.17, 15) is 4.79 Å². The Morgan fingerprint density at radius 1 is 1.38 bits per heavy atom. The number of piperidine rings is 1. The zero-order valence-corrected chi connectivity index (χ0v) is 14.5. The summed E-state index contributed by atoms with van der Waals surface area (Å²) in [6, 6.07) is 4.25. The van der Waals surface area contributed by atoms with Crippen LogP contribution in [0.25, 0.3) is 9.88 Å². The number of thiazole rings is 1. The second-order valence-electron chi connectivity index (χ2n) is 4.53. The first-order valence-corrected chi connectivity index (χ1v) is 8.10. The van der Waals surface area contributed by atoms with Crippen LogP contribution in [0.3, 0.4) is 0 Å². The van der Waals surface area contributed by atoms with Crippen LogP contribution in [0.1, 0.15) is 23.3 Å². The molecule has 1 aliphatic rings.